The first-order valence-corrected chi connectivity index (χ1v) is 7.66. The third kappa shape index (κ3) is 3.23. The van der Waals surface area contributed by atoms with E-state index in [9.17, 15) is 9.59 Å². The molecular weight excluding hydrogens is 258 g/mol. The summed E-state index contributed by atoms with van der Waals surface area (Å²) >= 11 is 0. The minimum absolute atomic E-state index is 0.0456. The molecule has 0 unspecified atom stereocenters. The van der Waals surface area contributed by atoms with Crippen molar-refractivity contribution in [1.82, 2.24) is 14.7 Å². The zero-order valence-corrected chi connectivity index (χ0v) is 11.8. The first-order valence-electron chi connectivity index (χ1n) is 7.66. The number of nitrogens with zero attached hydrogens (tertiary/aromatic N) is 3. The van der Waals surface area contributed by atoms with Crippen LogP contribution in [-0.2, 0) is 4.79 Å². The van der Waals surface area contributed by atoms with E-state index in [4.69, 9.17) is 5.11 Å². The molecule has 2 amide bonds. The Balaban J connectivity index is 1.51. The zero-order chi connectivity index (χ0) is 14.1. The summed E-state index contributed by atoms with van der Waals surface area (Å²) in [6.07, 6.45) is 4.70. The van der Waals surface area contributed by atoms with Crippen LogP contribution in [0.4, 0.5) is 4.79 Å². The lowest BCUT2D eigenvalue weighted by Crippen LogP contribution is -2.54. The fraction of sp³-hybridized carbons (Fsp3) is 0.857. The van der Waals surface area contributed by atoms with Gasteiger partial charge in [-0.25, -0.2) is 4.79 Å². The molecule has 1 heterocycles. The van der Waals surface area contributed by atoms with Gasteiger partial charge in [-0.1, -0.05) is 0 Å². The summed E-state index contributed by atoms with van der Waals surface area (Å²) in [6.45, 7) is 3.85. The Morgan fingerprint density at radius 3 is 2.20 bits per heavy atom. The number of amides is 2. The van der Waals surface area contributed by atoms with Gasteiger partial charge in [0, 0.05) is 44.8 Å². The highest BCUT2D eigenvalue weighted by Crippen LogP contribution is 2.30. The number of carboxylic acids is 1. The number of carboxylic acid groups (broad SMARTS) is 1. The second-order valence-electron chi connectivity index (χ2n) is 6.11. The maximum absolute atomic E-state index is 12.5. The fourth-order valence-corrected chi connectivity index (χ4v) is 2.94. The van der Waals surface area contributed by atoms with E-state index in [0.29, 0.717) is 6.54 Å². The quantitative estimate of drug-likeness (QED) is 0.810. The van der Waals surface area contributed by atoms with Crippen molar-refractivity contribution in [2.24, 2.45) is 0 Å². The Bertz CT molecular complexity index is 385. The van der Waals surface area contributed by atoms with Gasteiger partial charge < -0.3 is 14.9 Å². The molecule has 0 aromatic rings. The SMILES string of the molecule is O=C(O)CCN(C(=O)N1CCN(C2CC2)CC1)C1CC1. The van der Waals surface area contributed by atoms with Crippen molar-refractivity contribution in [3.63, 3.8) is 0 Å². The predicted octanol–water partition coefficient (Wildman–Crippen LogP) is 0.825. The number of carbonyl (C=O) groups is 2. The summed E-state index contributed by atoms with van der Waals surface area (Å²) in [4.78, 5) is 29.4. The van der Waals surface area contributed by atoms with E-state index in [1.165, 1.54) is 12.8 Å². The molecule has 0 bridgehead atoms. The van der Waals surface area contributed by atoms with Crippen LogP contribution in [0.3, 0.4) is 0 Å². The number of rotatable bonds is 5. The standard InChI is InChI=1S/C14H23N3O3/c18-13(19)5-6-17(12-3-4-12)14(20)16-9-7-15(8-10-16)11-1-2-11/h11-12H,1-10H2,(H,18,19). The van der Waals surface area contributed by atoms with E-state index in [2.05, 4.69) is 4.90 Å². The lowest BCUT2D eigenvalue weighted by atomic mass is 10.3. The van der Waals surface area contributed by atoms with Crippen LogP contribution in [0.2, 0.25) is 0 Å². The molecular formula is C14H23N3O3. The van der Waals surface area contributed by atoms with Crippen LogP contribution in [-0.4, -0.2) is 76.6 Å². The topological polar surface area (TPSA) is 64.1 Å². The molecule has 112 valence electrons. The van der Waals surface area contributed by atoms with Crippen LogP contribution in [0.1, 0.15) is 32.1 Å². The molecule has 2 saturated carbocycles. The Labute approximate surface area is 119 Å². The monoisotopic (exact) mass is 281 g/mol. The molecule has 1 saturated heterocycles. The van der Waals surface area contributed by atoms with Crippen LogP contribution in [0, 0.1) is 0 Å². The van der Waals surface area contributed by atoms with Crippen LogP contribution in [0.15, 0.2) is 0 Å². The fourth-order valence-electron chi connectivity index (χ4n) is 2.94. The van der Waals surface area contributed by atoms with Gasteiger partial charge in [-0.3, -0.25) is 9.69 Å². The zero-order valence-electron chi connectivity index (χ0n) is 11.8. The molecule has 20 heavy (non-hydrogen) atoms. The summed E-state index contributed by atoms with van der Waals surface area (Å²) in [7, 11) is 0. The molecule has 6 heteroatoms. The Morgan fingerprint density at radius 1 is 1.05 bits per heavy atom. The van der Waals surface area contributed by atoms with E-state index in [0.717, 1.165) is 45.1 Å². The van der Waals surface area contributed by atoms with Gasteiger partial charge in [-0.05, 0) is 25.7 Å². The number of hydrogen-bond acceptors (Lipinski definition) is 3. The Kier molecular flexibility index (Phi) is 3.83. The third-order valence-electron chi connectivity index (χ3n) is 4.45. The van der Waals surface area contributed by atoms with Crippen molar-refractivity contribution in [2.45, 2.75) is 44.2 Å². The highest BCUT2D eigenvalue weighted by molar-refractivity contribution is 5.76. The molecule has 0 atom stereocenters. The molecule has 6 nitrogen and oxygen atoms in total. The van der Waals surface area contributed by atoms with E-state index >= 15 is 0 Å². The van der Waals surface area contributed by atoms with Crippen molar-refractivity contribution in [3.05, 3.63) is 0 Å². The summed E-state index contributed by atoms with van der Waals surface area (Å²) in [5.41, 5.74) is 0. The summed E-state index contributed by atoms with van der Waals surface area (Å²) in [5, 5.41) is 8.80. The molecule has 0 radical (unpaired) electrons. The summed E-state index contributed by atoms with van der Waals surface area (Å²) in [5.74, 6) is -0.831. The van der Waals surface area contributed by atoms with Gasteiger partial charge in [-0.2, -0.15) is 0 Å². The molecule has 3 aliphatic rings. The van der Waals surface area contributed by atoms with Crippen LogP contribution < -0.4 is 0 Å². The molecule has 3 fully saturated rings. The van der Waals surface area contributed by atoms with Crippen molar-refractivity contribution in [2.75, 3.05) is 32.7 Å². The molecule has 0 aromatic carbocycles. The molecule has 0 aromatic heterocycles. The van der Waals surface area contributed by atoms with Crippen LogP contribution >= 0.6 is 0 Å². The minimum Gasteiger partial charge on any atom is -0.481 e. The number of aliphatic carboxylic acids is 1. The summed E-state index contributed by atoms with van der Waals surface area (Å²) in [6, 6.07) is 1.09. The average molecular weight is 281 g/mol. The lowest BCUT2D eigenvalue weighted by molar-refractivity contribution is -0.137. The van der Waals surface area contributed by atoms with Crippen LogP contribution in [0.25, 0.3) is 0 Å². The smallest absolute Gasteiger partial charge is 0.320 e. The van der Waals surface area contributed by atoms with E-state index < -0.39 is 5.97 Å². The van der Waals surface area contributed by atoms with Gasteiger partial charge in [0.25, 0.3) is 0 Å². The second-order valence-corrected chi connectivity index (χ2v) is 6.11. The largest absolute Gasteiger partial charge is 0.481 e. The Morgan fingerprint density at radius 2 is 1.70 bits per heavy atom. The first kappa shape index (κ1) is 13.7. The lowest BCUT2D eigenvalue weighted by Gasteiger charge is -2.37. The number of urea groups is 1. The normalized spacial score (nSPS) is 23.7. The number of carbonyl (C=O) groups excluding carboxylic acids is 1. The van der Waals surface area contributed by atoms with Gasteiger partial charge in [0.15, 0.2) is 0 Å². The highest BCUT2D eigenvalue weighted by atomic mass is 16.4. The van der Waals surface area contributed by atoms with Gasteiger partial charge in [0.05, 0.1) is 6.42 Å². The minimum atomic E-state index is -0.831. The van der Waals surface area contributed by atoms with E-state index in [-0.39, 0.29) is 18.5 Å². The molecule has 1 N–H and O–H groups in total. The predicted molar refractivity (Wildman–Crippen MR) is 73.5 cm³/mol. The van der Waals surface area contributed by atoms with E-state index in [1.807, 2.05) is 4.90 Å². The number of hydrogen-bond donors (Lipinski definition) is 1. The maximum Gasteiger partial charge on any atom is 0.320 e. The van der Waals surface area contributed by atoms with Crippen LogP contribution in [0.5, 0.6) is 0 Å². The van der Waals surface area contributed by atoms with Gasteiger partial charge in [0.1, 0.15) is 0 Å². The molecule has 0 spiro atoms. The highest BCUT2D eigenvalue weighted by Gasteiger charge is 2.37. The van der Waals surface area contributed by atoms with Gasteiger partial charge in [0.2, 0.25) is 0 Å². The third-order valence-corrected chi connectivity index (χ3v) is 4.45. The molecule has 1 aliphatic heterocycles. The first-order chi connectivity index (χ1) is 9.65. The molecule has 2 aliphatic carbocycles. The van der Waals surface area contributed by atoms with Crippen molar-refractivity contribution in [3.8, 4) is 0 Å². The Hall–Kier alpha value is -1.30. The van der Waals surface area contributed by atoms with Crippen molar-refractivity contribution < 1.29 is 14.7 Å². The summed E-state index contributed by atoms with van der Waals surface area (Å²) < 4.78 is 0. The maximum atomic E-state index is 12.5. The van der Waals surface area contributed by atoms with Gasteiger partial charge in [-0.15, -0.1) is 0 Å². The van der Waals surface area contributed by atoms with Gasteiger partial charge >= 0.3 is 12.0 Å². The number of piperazine rings is 1. The second kappa shape index (κ2) is 5.60. The van der Waals surface area contributed by atoms with Crippen molar-refractivity contribution in [1.29, 1.82) is 0 Å². The molecule has 3 rings (SSSR count). The van der Waals surface area contributed by atoms with E-state index in [1.54, 1.807) is 4.90 Å². The van der Waals surface area contributed by atoms with Crippen molar-refractivity contribution >= 4 is 12.0 Å². The average Bonchev–Trinajstić information content (AvgIpc) is 3.29.